The smallest absolute Gasteiger partial charge is 0.348 e. The predicted octanol–water partition coefficient (Wildman–Crippen LogP) is 4.03. The minimum absolute atomic E-state index is 0.0342. The van der Waals surface area contributed by atoms with E-state index in [2.05, 4.69) is 35.9 Å². The molecule has 3 heterocycles. The number of anilines is 2. The second-order valence-corrected chi connectivity index (χ2v) is 12.0. The van der Waals surface area contributed by atoms with Crippen LogP contribution >= 0.6 is 18.9 Å². The van der Waals surface area contributed by atoms with Gasteiger partial charge in [-0.3, -0.25) is 9.36 Å². The van der Waals surface area contributed by atoms with E-state index in [4.69, 9.17) is 10.3 Å². The first kappa shape index (κ1) is 23.2. The Labute approximate surface area is 195 Å². The van der Waals surface area contributed by atoms with E-state index < -0.39 is 13.1 Å². The van der Waals surface area contributed by atoms with Crippen LogP contribution in [0.1, 0.15) is 32.8 Å². The molecule has 0 bridgehead atoms. The van der Waals surface area contributed by atoms with Gasteiger partial charge in [-0.05, 0) is 41.5 Å². The summed E-state index contributed by atoms with van der Waals surface area (Å²) >= 11 is 1.39. The maximum absolute atomic E-state index is 13.5. The highest BCUT2D eigenvalue weighted by Crippen LogP contribution is 2.51. The van der Waals surface area contributed by atoms with Crippen molar-refractivity contribution in [2.45, 2.75) is 33.7 Å². The van der Waals surface area contributed by atoms with Crippen LogP contribution in [0.5, 0.6) is 5.75 Å². The van der Waals surface area contributed by atoms with E-state index in [0.29, 0.717) is 34.5 Å². The lowest BCUT2D eigenvalue weighted by Crippen LogP contribution is -2.35. The number of aromatic nitrogens is 2. The van der Waals surface area contributed by atoms with Crippen LogP contribution in [-0.2, 0) is 15.6 Å². The molecule has 0 aliphatic carbocycles. The maximum atomic E-state index is 13.5. The summed E-state index contributed by atoms with van der Waals surface area (Å²) in [6.07, 6.45) is 0.687. The van der Waals surface area contributed by atoms with E-state index in [9.17, 15) is 14.5 Å². The molecule has 11 heteroatoms. The van der Waals surface area contributed by atoms with E-state index in [1.165, 1.54) is 29.2 Å². The van der Waals surface area contributed by atoms with Gasteiger partial charge in [0.1, 0.15) is 11.3 Å². The molecular weight excluding hydrogens is 461 g/mol. The second kappa shape index (κ2) is 8.44. The number of thiophene rings is 1. The molecule has 0 saturated heterocycles. The summed E-state index contributed by atoms with van der Waals surface area (Å²) < 4.78 is 24.4. The zero-order valence-corrected chi connectivity index (χ0v) is 20.5. The Morgan fingerprint density at radius 1 is 1.30 bits per heavy atom. The third-order valence-corrected chi connectivity index (χ3v) is 8.07. The fourth-order valence-corrected chi connectivity index (χ4v) is 5.68. The Hall–Kier alpha value is -2.94. The summed E-state index contributed by atoms with van der Waals surface area (Å²) in [4.78, 5) is 14.2. The fraction of sp³-hybridized carbons (Fsp3) is 0.318. The van der Waals surface area contributed by atoms with Gasteiger partial charge in [-0.25, -0.2) is 4.68 Å². The van der Waals surface area contributed by atoms with Gasteiger partial charge in [-0.15, -0.1) is 11.3 Å². The molecular formula is C22H26N5O4PS. The molecule has 1 unspecified atom stereocenters. The number of nitrogens with zero attached hydrogens (tertiary/aromatic N) is 3. The Balaban J connectivity index is 1.93. The number of nitrogens with two attached hydrogens (primary N) is 1. The molecule has 0 amide bonds. The van der Waals surface area contributed by atoms with E-state index >= 15 is 0 Å². The van der Waals surface area contributed by atoms with Crippen LogP contribution in [0, 0.1) is 5.41 Å². The van der Waals surface area contributed by atoms with E-state index in [1.54, 1.807) is 12.1 Å². The van der Waals surface area contributed by atoms with Gasteiger partial charge in [0, 0.05) is 19.3 Å². The number of aromatic hydroxyl groups is 1. The molecule has 0 radical (unpaired) electrons. The SMILES string of the molecule is COP1(=O)N=C(c2c(O)c(-c3cccs3)nn(CCC(C)(C)C)c2=O)Nc2ccc(N)cc21. The average molecular weight is 488 g/mol. The van der Waals surface area contributed by atoms with Gasteiger partial charge < -0.3 is 20.7 Å². The molecule has 4 N–H and O–H groups in total. The average Bonchev–Trinajstić information content (AvgIpc) is 3.28. The number of rotatable bonds is 5. The van der Waals surface area contributed by atoms with Crippen LogP contribution in [0.15, 0.2) is 45.3 Å². The zero-order chi connectivity index (χ0) is 24.0. The molecule has 3 aromatic rings. The lowest BCUT2D eigenvalue weighted by molar-refractivity contribution is 0.335. The lowest BCUT2D eigenvalue weighted by atomic mass is 9.92. The van der Waals surface area contributed by atoms with Gasteiger partial charge in [-0.2, -0.15) is 9.86 Å². The molecule has 1 atom stereocenters. The van der Waals surface area contributed by atoms with Crippen molar-refractivity contribution in [3.63, 3.8) is 0 Å². The molecule has 0 spiro atoms. The second-order valence-electron chi connectivity index (χ2n) is 8.94. The molecule has 0 fully saturated rings. The Morgan fingerprint density at radius 3 is 2.70 bits per heavy atom. The van der Waals surface area contributed by atoms with Crippen LogP contribution in [-0.4, -0.2) is 27.8 Å². The number of amidine groups is 1. The van der Waals surface area contributed by atoms with Gasteiger partial charge in [-0.1, -0.05) is 26.8 Å². The number of benzene rings is 1. The third-order valence-electron chi connectivity index (χ3n) is 5.25. The summed E-state index contributed by atoms with van der Waals surface area (Å²) in [5.41, 5.74) is 6.28. The van der Waals surface area contributed by atoms with Crippen molar-refractivity contribution in [1.82, 2.24) is 9.78 Å². The fourth-order valence-electron chi connectivity index (χ4n) is 3.43. The first-order chi connectivity index (χ1) is 15.5. The summed E-state index contributed by atoms with van der Waals surface area (Å²) in [7, 11) is -2.45. The Kier molecular flexibility index (Phi) is 5.94. The summed E-state index contributed by atoms with van der Waals surface area (Å²) in [5, 5.41) is 20.8. The number of nitrogen functional groups attached to an aromatic ring is 1. The number of hydrogen-bond donors (Lipinski definition) is 3. The Bertz CT molecular complexity index is 1340. The highest BCUT2D eigenvalue weighted by atomic mass is 32.1. The first-order valence-corrected chi connectivity index (χ1v) is 12.8. The van der Waals surface area contributed by atoms with Crippen molar-refractivity contribution in [3.05, 3.63) is 51.6 Å². The molecule has 1 aliphatic rings. The minimum atomic E-state index is -3.74. The largest absolute Gasteiger partial charge is 0.505 e. The van der Waals surface area contributed by atoms with Gasteiger partial charge in [0.25, 0.3) is 5.56 Å². The van der Waals surface area contributed by atoms with Crippen molar-refractivity contribution in [2.75, 3.05) is 18.2 Å². The monoisotopic (exact) mass is 487 g/mol. The van der Waals surface area contributed by atoms with Crippen molar-refractivity contribution in [1.29, 1.82) is 0 Å². The molecule has 33 heavy (non-hydrogen) atoms. The van der Waals surface area contributed by atoms with Crippen LogP contribution in [0.4, 0.5) is 11.4 Å². The van der Waals surface area contributed by atoms with Crippen molar-refractivity contribution >= 4 is 41.4 Å². The number of hydrogen-bond acceptors (Lipinski definition) is 8. The van der Waals surface area contributed by atoms with E-state index in [0.717, 1.165) is 0 Å². The molecule has 174 valence electrons. The van der Waals surface area contributed by atoms with E-state index in [-0.39, 0.29) is 28.3 Å². The number of aryl methyl sites for hydroxylation is 1. The highest BCUT2D eigenvalue weighted by molar-refractivity contribution is 7.66. The number of fused-ring (bicyclic) bond motifs is 1. The topological polar surface area (TPSA) is 132 Å². The predicted molar refractivity (Wildman–Crippen MR) is 133 cm³/mol. The lowest BCUT2D eigenvalue weighted by Gasteiger charge is -2.25. The molecule has 4 rings (SSSR count). The zero-order valence-electron chi connectivity index (χ0n) is 18.8. The van der Waals surface area contributed by atoms with E-state index in [1.807, 2.05) is 17.5 Å². The van der Waals surface area contributed by atoms with Gasteiger partial charge >= 0.3 is 7.52 Å². The van der Waals surface area contributed by atoms with Gasteiger partial charge in [0.2, 0.25) is 0 Å². The normalized spacial score (nSPS) is 17.9. The quantitative estimate of drug-likeness (QED) is 0.366. The summed E-state index contributed by atoms with van der Waals surface area (Å²) in [5.74, 6) is -0.369. The van der Waals surface area contributed by atoms with Crippen molar-refractivity contribution in [2.24, 2.45) is 10.2 Å². The molecule has 9 nitrogen and oxygen atoms in total. The van der Waals surface area contributed by atoms with Crippen molar-refractivity contribution < 1.29 is 14.2 Å². The minimum Gasteiger partial charge on any atom is -0.505 e. The summed E-state index contributed by atoms with van der Waals surface area (Å²) in [6, 6.07) is 8.45. The van der Waals surface area contributed by atoms with Crippen LogP contribution in [0.3, 0.4) is 0 Å². The molecule has 2 aromatic heterocycles. The molecule has 0 saturated carbocycles. The molecule has 1 aromatic carbocycles. The van der Waals surface area contributed by atoms with Gasteiger partial charge in [0.05, 0.1) is 15.9 Å². The van der Waals surface area contributed by atoms with Crippen LogP contribution in [0.25, 0.3) is 10.6 Å². The first-order valence-electron chi connectivity index (χ1n) is 10.3. The number of nitrogens with one attached hydrogen (secondary N) is 1. The van der Waals surface area contributed by atoms with Gasteiger partial charge in [0.15, 0.2) is 11.6 Å². The molecule has 1 aliphatic heterocycles. The standard InChI is InChI=1S/C22H26N5O4PS/c1-22(2,3)9-10-27-21(29)17(19(28)18(25-27)16-6-5-11-33-16)20-24-14-8-7-13(23)12-15(14)32(30,26-20)31-4/h5-8,11-12,28H,9-10,23H2,1-4H3,(H,24,26,30). The van der Waals surface area contributed by atoms with Crippen LogP contribution < -0.4 is 21.9 Å². The Morgan fingerprint density at radius 2 is 2.06 bits per heavy atom. The maximum Gasteiger partial charge on any atom is 0.348 e. The summed E-state index contributed by atoms with van der Waals surface area (Å²) in [6.45, 7) is 6.56. The third kappa shape index (κ3) is 4.46. The highest BCUT2D eigenvalue weighted by Gasteiger charge is 2.35. The van der Waals surface area contributed by atoms with Crippen LogP contribution in [0.2, 0.25) is 0 Å². The van der Waals surface area contributed by atoms with Crippen molar-refractivity contribution in [3.8, 4) is 16.3 Å².